The van der Waals surface area contributed by atoms with Gasteiger partial charge in [0, 0.05) is 20.2 Å². The minimum atomic E-state index is -0.697. The van der Waals surface area contributed by atoms with Crippen LogP contribution < -0.4 is 11.1 Å². The summed E-state index contributed by atoms with van der Waals surface area (Å²) >= 11 is 0. The molecule has 0 fully saturated rings. The summed E-state index contributed by atoms with van der Waals surface area (Å²) in [5.74, 6) is 0.00239. The molecule has 10 heteroatoms. The van der Waals surface area contributed by atoms with Gasteiger partial charge in [0.25, 0.3) is 11.1 Å². The highest BCUT2D eigenvalue weighted by atomic mass is 16.5. The number of fused-ring (bicyclic) bond motifs is 3. The Balaban J connectivity index is 1.74. The summed E-state index contributed by atoms with van der Waals surface area (Å²) < 4.78 is 9.42. The van der Waals surface area contributed by atoms with Gasteiger partial charge >= 0.3 is 5.97 Å². The van der Waals surface area contributed by atoms with Crippen LogP contribution in [0.15, 0.2) is 39.9 Å². The van der Waals surface area contributed by atoms with Crippen molar-refractivity contribution in [2.24, 2.45) is 14.1 Å². The molecule has 0 atom stereocenters. The smallest absolute Gasteiger partial charge is 0.359 e. The Morgan fingerprint density at radius 3 is 2.64 bits per heavy atom. The lowest BCUT2D eigenvalue weighted by molar-refractivity contribution is 0.0451. The second-order valence-electron chi connectivity index (χ2n) is 6.39. The average molecular weight is 380 g/mol. The molecule has 142 valence electrons. The fourth-order valence-electron chi connectivity index (χ4n) is 2.97. The molecule has 0 aliphatic heterocycles. The Hall–Kier alpha value is -3.82. The van der Waals surface area contributed by atoms with Gasteiger partial charge in [-0.25, -0.2) is 9.48 Å². The molecule has 4 aromatic rings. The molecule has 0 radical (unpaired) electrons. The van der Waals surface area contributed by atoms with E-state index >= 15 is 0 Å². The van der Waals surface area contributed by atoms with Gasteiger partial charge in [-0.1, -0.05) is 11.6 Å². The average Bonchev–Trinajstić information content (AvgIpc) is 3.10. The van der Waals surface area contributed by atoms with Crippen LogP contribution in [0.1, 0.15) is 21.9 Å². The second kappa shape index (κ2) is 6.41. The molecular formula is C18H16N6O4. The first-order chi connectivity index (χ1) is 13.4. The molecule has 0 amide bonds. The summed E-state index contributed by atoms with van der Waals surface area (Å²) in [5, 5.41) is 12.5. The van der Waals surface area contributed by atoms with Gasteiger partial charge in [0.15, 0.2) is 18.1 Å². The number of hydrogen-bond acceptors (Lipinski definition) is 7. The summed E-state index contributed by atoms with van der Waals surface area (Å²) in [4.78, 5) is 36.2. The van der Waals surface area contributed by atoms with E-state index in [1.54, 1.807) is 17.5 Å². The molecule has 3 aromatic heterocycles. The number of carbonyl (C=O) groups excluding carboxylic acids is 1. The van der Waals surface area contributed by atoms with Crippen LogP contribution in [0.5, 0.6) is 0 Å². The van der Waals surface area contributed by atoms with Gasteiger partial charge in [0.05, 0.1) is 10.9 Å². The highest BCUT2D eigenvalue weighted by molar-refractivity contribution is 5.87. The van der Waals surface area contributed by atoms with E-state index in [2.05, 4.69) is 15.3 Å². The van der Waals surface area contributed by atoms with Crippen molar-refractivity contribution >= 4 is 22.6 Å². The van der Waals surface area contributed by atoms with Crippen molar-refractivity contribution in [3.05, 3.63) is 68.1 Å². The van der Waals surface area contributed by atoms with Crippen molar-refractivity contribution in [3.63, 3.8) is 0 Å². The molecule has 0 unspecified atom stereocenters. The predicted octanol–water partition coefficient (Wildman–Crippen LogP) is 0.340. The quantitative estimate of drug-likeness (QED) is 0.471. The third kappa shape index (κ3) is 2.75. The Bertz CT molecular complexity index is 1360. The fourth-order valence-corrected chi connectivity index (χ4v) is 2.97. The number of benzene rings is 1. The van der Waals surface area contributed by atoms with Crippen LogP contribution in [0.4, 0.5) is 0 Å². The number of rotatable bonds is 3. The minimum Gasteiger partial charge on any atom is -0.453 e. The Morgan fingerprint density at radius 2 is 1.89 bits per heavy atom. The molecule has 0 spiro atoms. The topological polar surface area (TPSA) is 113 Å². The molecule has 0 saturated carbocycles. The van der Waals surface area contributed by atoms with Gasteiger partial charge in [0.2, 0.25) is 5.78 Å². The number of nitrogens with zero attached hydrogens (tertiary/aromatic N) is 6. The Kier molecular flexibility index (Phi) is 4.03. The minimum absolute atomic E-state index is 0.00352. The van der Waals surface area contributed by atoms with Crippen LogP contribution in [0.3, 0.4) is 0 Å². The summed E-state index contributed by atoms with van der Waals surface area (Å²) in [6.07, 6.45) is 0. The lowest BCUT2D eigenvalue weighted by Gasteiger charge is -2.09. The number of ether oxygens (including phenoxy) is 1. The molecule has 0 saturated heterocycles. The van der Waals surface area contributed by atoms with Crippen LogP contribution in [0, 0.1) is 6.92 Å². The Morgan fingerprint density at radius 1 is 1.11 bits per heavy atom. The van der Waals surface area contributed by atoms with Crippen molar-refractivity contribution in [2.75, 3.05) is 0 Å². The molecule has 1 aromatic carbocycles. The van der Waals surface area contributed by atoms with Crippen LogP contribution in [-0.2, 0) is 25.4 Å². The molecule has 28 heavy (non-hydrogen) atoms. The van der Waals surface area contributed by atoms with Crippen LogP contribution in [0.2, 0.25) is 0 Å². The largest absolute Gasteiger partial charge is 0.453 e. The summed E-state index contributed by atoms with van der Waals surface area (Å²) in [6, 6.07) is 8.02. The van der Waals surface area contributed by atoms with E-state index in [0.29, 0.717) is 22.5 Å². The fraction of sp³-hybridized carbons (Fsp3) is 0.222. The van der Waals surface area contributed by atoms with Crippen molar-refractivity contribution in [2.45, 2.75) is 13.5 Å². The standard InChI is InChI=1S/C18H16N6O4/c1-10-4-6-13-11(8-10)16(26)22(2)18-20-19-14(24(13)18)9-28-17(27)12-5-7-15(25)23(3)21-12/h4-8H,9H2,1-3H3. The van der Waals surface area contributed by atoms with E-state index in [0.717, 1.165) is 10.2 Å². The van der Waals surface area contributed by atoms with Crippen LogP contribution in [-0.4, -0.2) is 34.9 Å². The van der Waals surface area contributed by atoms with Gasteiger partial charge < -0.3 is 4.74 Å². The molecule has 4 rings (SSSR count). The number of aryl methyl sites for hydroxylation is 3. The predicted molar refractivity (Wildman–Crippen MR) is 99.1 cm³/mol. The van der Waals surface area contributed by atoms with Crippen molar-refractivity contribution < 1.29 is 9.53 Å². The maximum Gasteiger partial charge on any atom is 0.359 e. The molecule has 10 nitrogen and oxygen atoms in total. The monoisotopic (exact) mass is 380 g/mol. The maximum atomic E-state index is 12.6. The highest BCUT2D eigenvalue weighted by Gasteiger charge is 2.17. The molecule has 0 bridgehead atoms. The lowest BCUT2D eigenvalue weighted by atomic mass is 10.1. The van der Waals surface area contributed by atoms with Crippen molar-refractivity contribution in [3.8, 4) is 0 Å². The molecular weight excluding hydrogens is 364 g/mol. The second-order valence-corrected chi connectivity index (χ2v) is 6.39. The molecule has 0 N–H and O–H groups in total. The zero-order chi connectivity index (χ0) is 20.0. The van der Waals surface area contributed by atoms with Gasteiger partial charge in [-0.15, -0.1) is 10.2 Å². The first-order valence-corrected chi connectivity index (χ1v) is 8.41. The first-order valence-electron chi connectivity index (χ1n) is 8.41. The van der Waals surface area contributed by atoms with Gasteiger partial charge in [0.1, 0.15) is 0 Å². The molecule has 3 heterocycles. The van der Waals surface area contributed by atoms with E-state index in [4.69, 9.17) is 4.74 Å². The van der Waals surface area contributed by atoms with Crippen molar-refractivity contribution in [1.82, 2.24) is 28.9 Å². The zero-order valence-electron chi connectivity index (χ0n) is 15.4. The highest BCUT2D eigenvalue weighted by Crippen LogP contribution is 2.16. The normalized spacial score (nSPS) is 11.2. The molecule has 0 aliphatic carbocycles. The van der Waals surface area contributed by atoms with Gasteiger partial charge in [-0.05, 0) is 25.1 Å². The summed E-state index contributed by atoms with van der Waals surface area (Å²) in [7, 11) is 3.05. The molecule has 0 aliphatic rings. The van der Waals surface area contributed by atoms with Gasteiger partial charge in [-0.3, -0.25) is 18.6 Å². The number of hydrogen-bond donors (Lipinski definition) is 0. The summed E-state index contributed by atoms with van der Waals surface area (Å²) in [5.41, 5.74) is 1.06. The van der Waals surface area contributed by atoms with Crippen LogP contribution in [0.25, 0.3) is 16.7 Å². The summed E-state index contributed by atoms with van der Waals surface area (Å²) in [6.45, 7) is 1.73. The van der Waals surface area contributed by atoms with E-state index in [1.165, 1.54) is 23.7 Å². The third-order valence-corrected chi connectivity index (χ3v) is 4.44. The number of esters is 1. The lowest BCUT2D eigenvalue weighted by Crippen LogP contribution is -2.22. The Labute approximate surface area is 157 Å². The van der Waals surface area contributed by atoms with Crippen LogP contribution >= 0.6 is 0 Å². The van der Waals surface area contributed by atoms with E-state index in [9.17, 15) is 14.4 Å². The zero-order valence-corrected chi connectivity index (χ0v) is 15.4. The van der Waals surface area contributed by atoms with Crippen molar-refractivity contribution in [1.29, 1.82) is 0 Å². The van der Waals surface area contributed by atoms with Gasteiger partial charge in [-0.2, -0.15) is 5.10 Å². The third-order valence-electron chi connectivity index (χ3n) is 4.44. The maximum absolute atomic E-state index is 12.6. The number of carbonyl (C=O) groups is 1. The SMILES string of the molecule is Cc1ccc2c(c1)c(=O)n(C)c1nnc(COC(=O)c3ccc(=O)n(C)n3)n21. The van der Waals surface area contributed by atoms with E-state index in [-0.39, 0.29) is 23.4 Å². The van der Waals surface area contributed by atoms with E-state index < -0.39 is 5.97 Å². The van der Waals surface area contributed by atoms with E-state index in [1.807, 2.05) is 19.1 Å². The first kappa shape index (κ1) is 17.6. The number of aromatic nitrogens is 6.